The SMILES string of the molecule is C1CCOC1.CC(=O)CN(C)CCCCO.CNC(CCCCN(C)CCCCN(C)CC(C)=O)C(C)=O. The van der Waals surface area contributed by atoms with E-state index in [2.05, 4.69) is 22.2 Å². The smallest absolute Gasteiger partial charge is 0.146 e. The molecule has 0 radical (unpaired) electrons. The van der Waals surface area contributed by atoms with Crippen molar-refractivity contribution < 1.29 is 24.2 Å². The van der Waals surface area contributed by atoms with Gasteiger partial charge in [0.15, 0.2) is 0 Å². The first-order chi connectivity index (χ1) is 18.0. The number of aliphatic hydroxyl groups excluding tert-OH is 1. The minimum atomic E-state index is 0.0159. The highest BCUT2D eigenvalue weighted by Gasteiger charge is 2.10. The van der Waals surface area contributed by atoms with Crippen LogP contribution in [0, 0.1) is 0 Å². The summed E-state index contributed by atoms with van der Waals surface area (Å²) in [6, 6.07) is 0.0159. The van der Waals surface area contributed by atoms with Crippen molar-refractivity contribution in [3.05, 3.63) is 0 Å². The minimum Gasteiger partial charge on any atom is -0.396 e. The molecule has 0 aliphatic carbocycles. The molecule has 0 bridgehead atoms. The first-order valence-corrected chi connectivity index (χ1v) is 14.4. The van der Waals surface area contributed by atoms with Gasteiger partial charge in [0.1, 0.15) is 17.3 Å². The molecule has 1 atom stereocenters. The fraction of sp³-hybridized carbons (Fsp3) is 0.897. The third-order valence-electron chi connectivity index (χ3n) is 6.21. The number of carbonyl (C=O) groups excluding carboxylic acids is 3. The summed E-state index contributed by atoms with van der Waals surface area (Å²) in [5.41, 5.74) is 0. The molecule has 1 heterocycles. The van der Waals surface area contributed by atoms with Crippen LogP contribution in [0.15, 0.2) is 0 Å². The molecular formula is C29H60N4O5. The fourth-order valence-electron chi connectivity index (χ4n) is 4.08. The molecule has 1 aliphatic rings. The van der Waals surface area contributed by atoms with E-state index < -0.39 is 0 Å². The highest BCUT2D eigenvalue weighted by molar-refractivity contribution is 5.81. The number of nitrogens with zero attached hydrogens (tertiary/aromatic N) is 3. The summed E-state index contributed by atoms with van der Waals surface area (Å²) < 4.78 is 4.94. The Morgan fingerprint density at radius 2 is 1.16 bits per heavy atom. The number of rotatable bonds is 20. The largest absolute Gasteiger partial charge is 0.396 e. The van der Waals surface area contributed by atoms with Crippen LogP contribution >= 0.6 is 0 Å². The van der Waals surface area contributed by atoms with Crippen LogP contribution in [-0.4, -0.2) is 130 Å². The number of Topliss-reactive ketones (excluding diaryl/α,β-unsaturated/α-hetero) is 3. The van der Waals surface area contributed by atoms with Gasteiger partial charge in [0.25, 0.3) is 0 Å². The summed E-state index contributed by atoms with van der Waals surface area (Å²) in [5, 5.41) is 11.5. The minimum absolute atomic E-state index is 0.0159. The lowest BCUT2D eigenvalue weighted by atomic mass is 10.1. The van der Waals surface area contributed by atoms with Crippen LogP contribution in [-0.2, 0) is 19.1 Å². The number of ketones is 3. The number of hydrogen-bond acceptors (Lipinski definition) is 9. The lowest BCUT2D eigenvalue weighted by Gasteiger charge is -2.19. The molecule has 0 aromatic rings. The monoisotopic (exact) mass is 544 g/mol. The topological polar surface area (TPSA) is 102 Å². The number of hydrogen-bond donors (Lipinski definition) is 2. The zero-order valence-corrected chi connectivity index (χ0v) is 25.7. The third kappa shape index (κ3) is 29.3. The van der Waals surface area contributed by atoms with Gasteiger partial charge in [-0.05, 0) is 127 Å². The van der Waals surface area contributed by atoms with E-state index in [0.29, 0.717) is 13.1 Å². The molecule has 2 N–H and O–H groups in total. The van der Waals surface area contributed by atoms with E-state index in [1.54, 1.807) is 20.8 Å². The van der Waals surface area contributed by atoms with E-state index in [4.69, 9.17) is 9.84 Å². The van der Waals surface area contributed by atoms with E-state index in [9.17, 15) is 14.4 Å². The molecule has 1 saturated heterocycles. The Kier molecular flexibility index (Phi) is 28.0. The average Bonchev–Trinajstić information content (AvgIpc) is 3.42. The van der Waals surface area contributed by atoms with Crippen LogP contribution in [0.3, 0.4) is 0 Å². The number of nitrogens with one attached hydrogen (secondary N) is 1. The van der Waals surface area contributed by atoms with Gasteiger partial charge in [-0.2, -0.15) is 0 Å². The van der Waals surface area contributed by atoms with Crippen molar-refractivity contribution in [1.29, 1.82) is 0 Å². The second-order valence-electron chi connectivity index (χ2n) is 10.6. The molecule has 1 unspecified atom stereocenters. The molecule has 1 aliphatic heterocycles. The van der Waals surface area contributed by atoms with Crippen molar-refractivity contribution >= 4 is 17.3 Å². The summed E-state index contributed by atoms with van der Waals surface area (Å²) >= 11 is 0. The van der Waals surface area contributed by atoms with Gasteiger partial charge in [-0.25, -0.2) is 0 Å². The summed E-state index contributed by atoms with van der Waals surface area (Å²) in [6.07, 6.45) is 9.76. The van der Waals surface area contributed by atoms with E-state index >= 15 is 0 Å². The van der Waals surface area contributed by atoms with Gasteiger partial charge in [0, 0.05) is 19.8 Å². The Bertz CT molecular complexity index is 580. The van der Waals surface area contributed by atoms with E-state index in [0.717, 1.165) is 84.3 Å². The maximum Gasteiger partial charge on any atom is 0.146 e. The molecule has 1 fully saturated rings. The molecule has 9 heteroatoms. The van der Waals surface area contributed by atoms with Gasteiger partial charge in [0.05, 0.1) is 19.1 Å². The third-order valence-corrected chi connectivity index (χ3v) is 6.21. The number of carbonyl (C=O) groups is 3. The number of likely N-dealkylation sites (N-methyl/N-ethyl adjacent to an activating group) is 3. The Balaban J connectivity index is 0. The summed E-state index contributed by atoms with van der Waals surface area (Å²) in [6.45, 7) is 12.2. The van der Waals surface area contributed by atoms with Gasteiger partial charge >= 0.3 is 0 Å². The predicted molar refractivity (Wildman–Crippen MR) is 157 cm³/mol. The van der Waals surface area contributed by atoms with E-state index in [1.165, 1.54) is 12.8 Å². The molecule has 0 aromatic carbocycles. The van der Waals surface area contributed by atoms with E-state index in [1.807, 2.05) is 26.0 Å². The fourth-order valence-corrected chi connectivity index (χ4v) is 4.08. The van der Waals surface area contributed by atoms with Crippen LogP contribution in [0.1, 0.15) is 78.6 Å². The van der Waals surface area contributed by atoms with Crippen molar-refractivity contribution in [2.75, 3.05) is 87.3 Å². The molecule has 0 saturated carbocycles. The van der Waals surface area contributed by atoms with Gasteiger partial charge in [0.2, 0.25) is 0 Å². The van der Waals surface area contributed by atoms with Crippen molar-refractivity contribution in [2.45, 2.75) is 84.6 Å². The van der Waals surface area contributed by atoms with Crippen LogP contribution in [0.5, 0.6) is 0 Å². The summed E-state index contributed by atoms with van der Waals surface area (Å²) in [4.78, 5) is 39.3. The Morgan fingerprint density at radius 1 is 0.737 bits per heavy atom. The Morgan fingerprint density at radius 3 is 1.50 bits per heavy atom. The molecule has 0 spiro atoms. The number of ether oxygens (including phenoxy) is 1. The Hall–Kier alpha value is -1.23. The first kappa shape index (κ1) is 38.9. The van der Waals surface area contributed by atoms with E-state index in [-0.39, 0.29) is 30.0 Å². The second-order valence-corrected chi connectivity index (χ2v) is 10.6. The molecule has 9 nitrogen and oxygen atoms in total. The van der Waals surface area contributed by atoms with Gasteiger partial charge < -0.3 is 20.1 Å². The zero-order valence-electron chi connectivity index (χ0n) is 25.7. The van der Waals surface area contributed by atoms with Gasteiger partial charge in [-0.15, -0.1) is 0 Å². The van der Waals surface area contributed by atoms with Crippen molar-refractivity contribution in [2.24, 2.45) is 0 Å². The molecular weight excluding hydrogens is 484 g/mol. The highest BCUT2D eigenvalue weighted by atomic mass is 16.5. The predicted octanol–water partition coefficient (Wildman–Crippen LogP) is 2.64. The van der Waals surface area contributed by atoms with Crippen LogP contribution in [0.2, 0.25) is 0 Å². The average molecular weight is 545 g/mol. The lowest BCUT2D eigenvalue weighted by molar-refractivity contribution is -0.119. The number of aliphatic hydroxyl groups is 1. The van der Waals surface area contributed by atoms with Crippen molar-refractivity contribution in [3.8, 4) is 0 Å². The maximum absolute atomic E-state index is 11.3. The second kappa shape index (κ2) is 27.3. The first-order valence-electron chi connectivity index (χ1n) is 14.4. The zero-order chi connectivity index (χ0) is 29.2. The number of unbranched alkanes of at least 4 members (excludes halogenated alkanes) is 3. The summed E-state index contributed by atoms with van der Waals surface area (Å²) in [7, 11) is 7.91. The lowest BCUT2D eigenvalue weighted by Crippen LogP contribution is -2.32. The maximum atomic E-state index is 11.3. The molecule has 1 rings (SSSR count). The quantitative estimate of drug-likeness (QED) is 0.224. The highest BCUT2D eigenvalue weighted by Crippen LogP contribution is 2.04. The van der Waals surface area contributed by atoms with Gasteiger partial charge in [-0.3, -0.25) is 24.2 Å². The molecule has 0 aromatic heterocycles. The van der Waals surface area contributed by atoms with Crippen LogP contribution in [0.4, 0.5) is 0 Å². The normalized spacial score (nSPS) is 13.7. The van der Waals surface area contributed by atoms with Crippen LogP contribution < -0.4 is 5.32 Å². The standard InChI is InChI=1S/C17H35N3O2.C8H17NO2.C4H8O/c1-15(21)14-20(5)13-9-8-12-19(4)11-7-6-10-17(18-3)16(2)22;1-8(11)7-9(2)5-3-4-6-10;1-2-4-5-3-1/h17-18H,6-14H2,1-5H3;10H,3-7H2,1-2H3;1-4H2. The Labute approximate surface area is 233 Å². The van der Waals surface area contributed by atoms with Crippen molar-refractivity contribution in [3.63, 3.8) is 0 Å². The summed E-state index contributed by atoms with van der Waals surface area (Å²) in [5.74, 6) is 0.645. The van der Waals surface area contributed by atoms with Crippen LogP contribution in [0.25, 0.3) is 0 Å². The molecule has 226 valence electrons. The molecule has 0 amide bonds. The molecule has 38 heavy (non-hydrogen) atoms. The van der Waals surface area contributed by atoms with Crippen molar-refractivity contribution in [1.82, 2.24) is 20.0 Å². The van der Waals surface area contributed by atoms with Gasteiger partial charge in [-0.1, -0.05) is 6.42 Å².